The van der Waals surface area contributed by atoms with Crippen molar-refractivity contribution in [2.75, 3.05) is 31.1 Å². The summed E-state index contributed by atoms with van der Waals surface area (Å²) >= 11 is 0. The van der Waals surface area contributed by atoms with Crippen LogP contribution in [0.25, 0.3) is 0 Å². The molecule has 1 aromatic rings. The molecule has 0 aromatic heterocycles. The maximum Gasteiger partial charge on any atom is 0.241 e. The lowest BCUT2D eigenvalue weighted by molar-refractivity contribution is -0.120. The number of benzene rings is 1. The van der Waals surface area contributed by atoms with Crippen LogP contribution < -0.4 is 4.90 Å². The quantitative estimate of drug-likeness (QED) is 0.907. The first-order chi connectivity index (χ1) is 10.8. The number of anilines is 1. The number of nitrogens with zero attached hydrogens (tertiary/aromatic N) is 2. The lowest BCUT2D eigenvalue weighted by atomic mass is 10.0. The van der Waals surface area contributed by atoms with Gasteiger partial charge >= 0.3 is 0 Å². The second-order valence-electron chi connectivity index (χ2n) is 6.41. The Morgan fingerprint density at radius 3 is 2.95 bits per heavy atom. The number of hydrogen-bond acceptors (Lipinski definition) is 3. The Morgan fingerprint density at radius 1 is 1.23 bits per heavy atom. The van der Waals surface area contributed by atoms with E-state index in [2.05, 4.69) is 23.1 Å². The highest BCUT2D eigenvalue weighted by molar-refractivity contribution is 5.96. The first-order valence-electron chi connectivity index (χ1n) is 8.53. The molecule has 1 N–H and O–H groups in total. The van der Waals surface area contributed by atoms with E-state index < -0.39 is 0 Å². The van der Waals surface area contributed by atoms with Crippen LogP contribution in [0.5, 0.6) is 0 Å². The van der Waals surface area contributed by atoms with Gasteiger partial charge in [0.05, 0.1) is 6.54 Å². The van der Waals surface area contributed by atoms with E-state index in [0.717, 1.165) is 50.9 Å². The number of carbonyl (C=O) groups is 1. The number of carbonyl (C=O) groups excluding carboxylic acids is 1. The van der Waals surface area contributed by atoms with E-state index in [4.69, 9.17) is 5.11 Å². The average molecular weight is 302 g/mol. The Hall–Kier alpha value is -1.39. The van der Waals surface area contributed by atoms with Crippen molar-refractivity contribution >= 4 is 11.6 Å². The summed E-state index contributed by atoms with van der Waals surface area (Å²) < 4.78 is 0. The van der Waals surface area contributed by atoms with Crippen molar-refractivity contribution < 1.29 is 9.90 Å². The van der Waals surface area contributed by atoms with Gasteiger partial charge in [-0.05, 0) is 56.7 Å². The lowest BCUT2D eigenvalue weighted by Crippen LogP contribution is -2.44. The molecule has 1 amide bonds. The molecule has 4 heteroatoms. The van der Waals surface area contributed by atoms with Crippen molar-refractivity contribution in [2.45, 2.75) is 44.6 Å². The highest BCUT2D eigenvalue weighted by Crippen LogP contribution is 2.28. The molecule has 1 atom stereocenters. The fraction of sp³-hybridized carbons (Fsp3) is 0.611. The second kappa shape index (κ2) is 7.25. The monoisotopic (exact) mass is 302 g/mol. The van der Waals surface area contributed by atoms with E-state index in [1.54, 1.807) is 0 Å². The van der Waals surface area contributed by atoms with Crippen molar-refractivity contribution in [1.29, 1.82) is 0 Å². The van der Waals surface area contributed by atoms with Gasteiger partial charge in [0.25, 0.3) is 0 Å². The van der Waals surface area contributed by atoms with Crippen molar-refractivity contribution in [3.63, 3.8) is 0 Å². The van der Waals surface area contributed by atoms with Crippen LogP contribution in [0.2, 0.25) is 0 Å². The normalized spacial score (nSPS) is 21.9. The number of rotatable bonds is 5. The predicted octanol–water partition coefficient (Wildman–Crippen LogP) is 2.20. The number of fused-ring (bicyclic) bond motifs is 1. The van der Waals surface area contributed by atoms with E-state index in [9.17, 15) is 4.79 Å². The topological polar surface area (TPSA) is 43.8 Å². The van der Waals surface area contributed by atoms with E-state index in [0.29, 0.717) is 12.6 Å². The van der Waals surface area contributed by atoms with Crippen LogP contribution in [0.4, 0.5) is 5.69 Å². The number of amides is 1. The van der Waals surface area contributed by atoms with Crippen molar-refractivity contribution in [3.05, 3.63) is 29.8 Å². The molecular weight excluding hydrogens is 276 g/mol. The molecule has 3 rings (SSSR count). The van der Waals surface area contributed by atoms with E-state index in [1.165, 1.54) is 12.0 Å². The second-order valence-corrected chi connectivity index (χ2v) is 6.41. The highest BCUT2D eigenvalue weighted by Gasteiger charge is 2.29. The minimum Gasteiger partial charge on any atom is -0.396 e. The number of aryl methyl sites for hydroxylation is 1. The fourth-order valence-corrected chi connectivity index (χ4v) is 3.81. The Morgan fingerprint density at radius 2 is 2.09 bits per heavy atom. The summed E-state index contributed by atoms with van der Waals surface area (Å²) in [5, 5.41) is 9.01. The van der Waals surface area contributed by atoms with Gasteiger partial charge in [-0.15, -0.1) is 0 Å². The fourth-order valence-electron chi connectivity index (χ4n) is 3.81. The molecule has 2 aliphatic rings. The molecule has 0 radical (unpaired) electrons. The molecule has 0 saturated carbocycles. The smallest absolute Gasteiger partial charge is 0.241 e. The summed E-state index contributed by atoms with van der Waals surface area (Å²) in [5.74, 6) is 0.225. The summed E-state index contributed by atoms with van der Waals surface area (Å²) in [6.45, 7) is 2.62. The van der Waals surface area contributed by atoms with Gasteiger partial charge in [-0.1, -0.05) is 18.2 Å². The van der Waals surface area contributed by atoms with Crippen molar-refractivity contribution in [2.24, 2.45) is 0 Å². The molecule has 1 unspecified atom stereocenters. The molecule has 0 spiro atoms. The summed E-state index contributed by atoms with van der Waals surface area (Å²) in [5.41, 5.74) is 2.39. The molecule has 2 heterocycles. The van der Waals surface area contributed by atoms with Crippen LogP contribution in [-0.4, -0.2) is 48.2 Å². The zero-order valence-corrected chi connectivity index (χ0v) is 13.2. The van der Waals surface area contributed by atoms with Crippen LogP contribution in [0.15, 0.2) is 24.3 Å². The minimum atomic E-state index is 0.225. The van der Waals surface area contributed by atoms with Gasteiger partial charge in [0.2, 0.25) is 5.91 Å². The zero-order chi connectivity index (χ0) is 15.4. The molecule has 1 aromatic carbocycles. The largest absolute Gasteiger partial charge is 0.396 e. The van der Waals surface area contributed by atoms with Crippen LogP contribution >= 0.6 is 0 Å². The Balaban J connectivity index is 1.65. The van der Waals surface area contributed by atoms with E-state index >= 15 is 0 Å². The number of para-hydroxylation sites is 1. The van der Waals surface area contributed by atoms with E-state index in [1.807, 2.05) is 11.0 Å². The van der Waals surface area contributed by atoms with Gasteiger partial charge < -0.3 is 10.0 Å². The summed E-state index contributed by atoms with van der Waals surface area (Å²) in [7, 11) is 0. The van der Waals surface area contributed by atoms with Crippen molar-refractivity contribution in [3.8, 4) is 0 Å². The maximum absolute atomic E-state index is 12.8. The molecule has 2 aliphatic heterocycles. The maximum atomic E-state index is 12.8. The predicted molar refractivity (Wildman–Crippen MR) is 88.0 cm³/mol. The van der Waals surface area contributed by atoms with Gasteiger partial charge in [0, 0.05) is 24.9 Å². The molecule has 120 valence electrons. The van der Waals surface area contributed by atoms with Gasteiger partial charge in [0.1, 0.15) is 0 Å². The number of aliphatic hydroxyl groups is 1. The number of aliphatic hydroxyl groups excluding tert-OH is 1. The molecule has 22 heavy (non-hydrogen) atoms. The summed E-state index contributed by atoms with van der Waals surface area (Å²) in [6.07, 6.45) is 6.28. The van der Waals surface area contributed by atoms with E-state index in [-0.39, 0.29) is 12.5 Å². The van der Waals surface area contributed by atoms with Gasteiger partial charge in [0.15, 0.2) is 0 Å². The van der Waals surface area contributed by atoms with Gasteiger partial charge in [-0.3, -0.25) is 9.69 Å². The summed E-state index contributed by atoms with van der Waals surface area (Å²) in [4.78, 5) is 17.1. The Kier molecular flexibility index (Phi) is 5.11. The van der Waals surface area contributed by atoms with Crippen LogP contribution in [0.3, 0.4) is 0 Å². The molecule has 0 aliphatic carbocycles. The third kappa shape index (κ3) is 3.33. The Labute approximate surface area is 132 Å². The molecular formula is C18H26N2O2. The average Bonchev–Trinajstić information content (AvgIpc) is 2.99. The first-order valence-corrected chi connectivity index (χ1v) is 8.53. The number of likely N-dealkylation sites (tertiary alicyclic amines) is 1. The molecule has 0 bridgehead atoms. The summed E-state index contributed by atoms with van der Waals surface area (Å²) in [6, 6.07) is 8.74. The number of hydrogen-bond donors (Lipinski definition) is 1. The Bertz CT molecular complexity index is 518. The van der Waals surface area contributed by atoms with Crippen LogP contribution in [0, 0.1) is 0 Å². The standard InChI is InChI=1S/C18H26N2O2/c21-13-5-9-16-8-4-11-19(16)14-18(22)20-12-3-7-15-6-1-2-10-17(15)20/h1-2,6,10,16,21H,3-5,7-9,11-14H2. The van der Waals surface area contributed by atoms with Crippen LogP contribution in [0.1, 0.15) is 37.7 Å². The third-order valence-electron chi connectivity index (χ3n) is 4.94. The lowest BCUT2D eigenvalue weighted by Gasteiger charge is -2.32. The molecule has 1 saturated heterocycles. The van der Waals surface area contributed by atoms with Gasteiger partial charge in [-0.2, -0.15) is 0 Å². The first kappa shape index (κ1) is 15.5. The van der Waals surface area contributed by atoms with Crippen LogP contribution in [-0.2, 0) is 11.2 Å². The zero-order valence-electron chi connectivity index (χ0n) is 13.2. The molecule has 1 fully saturated rings. The minimum absolute atomic E-state index is 0.225. The van der Waals surface area contributed by atoms with Crippen molar-refractivity contribution in [1.82, 2.24) is 4.90 Å². The highest BCUT2D eigenvalue weighted by atomic mass is 16.3. The SMILES string of the molecule is O=C(CN1CCCC1CCCO)N1CCCc2ccccc21. The third-order valence-corrected chi connectivity index (χ3v) is 4.94. The van der Waals surface area contributed by atoms with Gasteiger partial charge in [-0.25, -0.2) is 0 Å². The molecule has 4 nitrogen and oxygen atoms in total.